The molecule has 1 fully saturated rings. The first kappa shape index (κ1) is 15.6. The minimum absolute atomic E-state index is 0.106. The normalized spacial score (nSPS) is 18.9. The first-order valence-electron chi connectivity index (χ1n) is 7.08. The van der Waals surface area contributed by atoms with Gasteiger partial charge in [-0.15, -0.1) is 0 Å². The van der Waals surface area contributed by atoms with Crippen LogP contribution in [0.15, 0.2) is 16.6 Å². The quantitative estimate of drug-likeness (QED) is 0.861. The van der Waals surface area contributed by atoms with E-state index in [9.17, 15) is 0 Å². The van der Waals surface area contributed by atoms with Crippen molar-refractivity contribution < 1.29 is 14.2 Å². The topological polar surface area (TPSA) is 39.7 Å². The lowest BCUT2D eigenvalue weighted by atomic mass is 10.1. The highest BCUT2D eigenvalue weighted by molar-refractivity contribution is 9.10. The average molecular weight is 344 g/mol. The van der Waals surface area contributed by atoms with Crippen molar-refractivity contribution in [1.29, 1.82) is 0 Å². The Hall–Kier alpha value is -0.780. The Kier molecular flexibility index (Phi) is 6.13. The molecule has 1 aromatic carbocycles. The molecule has 0 saturated carbocycles. The van der Waals surface area contributed by atoms with Gasteiger partial charge >= 0.3 is 0 Å². The third-order valence-corrected chi connectivity index (χ3v) is 3.74. The molecule has 0 aromatic heterocycles. The Balaban J connectivity index is 2.19. The van der Waals surface area contributed by atoms with Crippen molar-refractivity contribution in [3.05, 3.63) is 22.2 Å². The van der Waals surface area contributed by atoms with Gasteiger partial charge in [-0.3, -0.25) is 0 Å². The molecular formula is C15H22BrNO3. The van der Waals surface area contributed by atoms with E-state index in [1.807, 2.05) is 20.0 Å². The van der Waals surface area contributed by atoms with E-state index in [4.69, 9.17) is 14.2 Å². The lowest BCUT2D eigenvalue weighted by molar-refractivity contribution is 0.00590. The second kappa shape index (κ2) is 7.86. The summed E-state index contributed by atoms with van der Waals surface area (Å²) in [6.45, 7) is 4.88. The standard InChI is InChI=1S/C15H22BrNO3/c1-3-19-14-8-11(9-17-2)7-13(16)15(14)20-12-5-4-6-18-10-12/h7-8,12,17H,3-6,9-10H2,1-2H3. The Morgan fingerprint density at radius 1 is 1.45 bits per heavy atom. The average Bonchev–Trinajstić information content (AvgIpc) is 2.44. The van der Waals surface area contributed by atoms with E-state index in [2.05, 4.69) is 27.3 Å². The van der Waals surface area contributed by atoms with E-state index in [1.165, 1.54) is 0 Å². The zero-order valence-corrected chi connectivity index (χ0v) is 13.7. The van der Waals surface area contributed by atoms with E-state index in [0.717, 1.165) is 47.5 Å². The van der Waals surface area contributed by atoms with Gasteiger partial charge in [0, 0.05) is 13.2 Å². The predicted molar refractivity (Wildman–Crippen MR) is 82.5 cm³/mol. The first-order valence-corrected chi connectivity index (χ1v) is 7.88. The molecular weight excluding hydrogens is 322 g/mol. The van der Waals surface area contributed by atoms with Crippen molar-refractivity contribution in [3.8, 4) is 11.5 Å². The summed E-state index contributed by atoms with van der Waals surface area (Å²) in [5.74, 6) is 1.57. The molecule has 0 amide bonds. The van der Waals surface area contributed by atoms with E-state index in [0.29, 0.717) is 13.2 Å². The van der Waals surface area contributed by atoms with Crippen LogP contribution in [0, 0.1) is 0 Å². The highest BCUT2D eigenvalue weighted by atomic mass is 79.9. The summed E-state index contributed by atoms with van der Waals surface area (Å²) in [4.78, 5) is 0. The second-order valence-electron chi connectivity index (χ2n) is 4.83. The molecule has 0 radical (unpaired) electrons. The van der Waals surface area contributed by atoms with Gasteiger partial charge in [0.05, 0.1) is 17.7 Å². The fourth-order valence-electron chi connectivity index (χ4n) is 2.28. The predicted octanol–water partition coefficient (Wildman–Crippen LogP) is 3.13. The molecule has 1 aliphatic heterocycles. The molecule has 0 bridgehead atoms. The highest BCUT2D eigenvalue weighted by Crippen LogP contribution is 2.38. The summed E-state index contributed by atoms with van der Waals surface area (Å²) in [5, 5.41) is 3.14. The molecule has 112 valence electrons. The van der Waals surface area contributed by atoms with Gasteiger partial charge in [0.15, 0.2) is 11.5 Å². The molecule has 4 nitrogen and oxygen atoms in total. The fourth-order valence-corrected chi connectivity index (χ4v) is 2.86. The first-order chi connectivity index (χ1) is 9.74. The van der Waals surface area contributed by atoms with Crippen molar-refractivity contribution in [2.45, 2.75) is 32.4 Å². The van der Waals surface area contributed by atoms with Gasteiger partial charge in [0.1, 0.15) is 6.10 Å². The molecule has 0 aliphatic carbocycles. The van der Waals surface area contributed by atoms with Crippen molar-refractivity contribution in [3.63, 3.8) is 0 Å². The third kappa shape index (κ3) is 4.11. The Labute approximate surface area is 128 Å². The second-order valence-corrected chi connectivity index (χ2v) is 5.68. The summed E-state index contributed by atoms with van der Waals surface area (Å²) in [7, 11) is 1.93. The molecule has 1 aliphatic rings. The Bertz CT molecular complexity index is 433. The zero-order valence-electron chi connectivity index (χ0n) is 12.1. The van der Waals surface area contributed by atoms with Crippen molar-refractivity contribution in [2.24, 2.45) is 0 Å². The van der Waals surface area contributed by atoms with Crippen molar-refractivity contribution in [2.75, 3.05) is 26.9 Å². The van der Waals surface area contributed by atoms with Crippen LogP contribution in [0.3, 0.4) is 0 Å². The SMILES string of the molecule is CCOc1cc(CNC)cc(Br)c1OC1CCCOC1. The maximum atomic E-state index is 6.09. The maximum Gasteiger partial charge on any atom is 0.175 e. The van der Waals surface area contributed by atoms with Crippen molar-refractivity contribution >= 4 is 15.9 Å². The van der Waals surface area contributed by atoms with Gasteiger partial charge < -0.3 is 19.5 Å². The number of hydrogen-bond donors (Lipinski definition) is 1. The number of rotatable bonds is 6. The lowest BCUT2D eigenvalue weighted by Crippen LogP contribution is -2.28. The van der Waals surface area contributed by atoms with Crippen molar-refractivity contribution in [1.82, 2.24) is 5.32 Å². The number of halogens is 1. The van der Waals surface area contributed by atoms with E-state index in [-0.39, 0.29) is 6.10 Å². The van der Waals surface area contributed by atoms with Gasteiger partial charge in [0.2, 0.25) is 0 Å². The Morgan fingerprint density at radius 3 is 2.95 bits per heavy atom. The molecule has 2 rings (SSSR count). The highest BCUT2D eigenvalue weighted by Gasteiger charge is 2.20. The molecule has 5 heteroatoms. The molecule has 20 heavy (non-hydrogen) atoms. The van der Waals surface area contributed by atoms with Crippen LogP contribution in [-0.2, 0) is 11.3 Å². The smallest absolute Gasteiger partial charge is 0.175 e. The molecule has 0 spiro atoms. The van der Waals surface area contributed by atoms with Crippen LogP contribution in [0.4, 0.5) is 0 Å². The van der Waals surface area contributed by atoms with Gasteiger partial charge in [-0.2, -0.15) is 0 Å². The van der Waals surface area contributed by atoms with Crippen LogP contribution >= 0.6 is 15.9 Å². The van der Waals surface area contributed by atoms with Crippen LogP contribution in [0.2, 0.25) is 0 Å². The van der Waals surface area contributed by atoms with Crippen LogP contribution in [0.25, 0.3) is 0 Å². The minimum atomic E-state index is 0.106. The van der Waals surface area contributed by atoms with Gasteiger partial charge in [0.25, 0.3) is 0 Å². The van der Waals surface area contributed by atoms with E-state index >= 15 is 0 Å². The summed E-state index contributed by atoms with van der Waals surface area (Å²) in [6.07, 6.45) is 2.18. The number of benzene rings is 1. The van der Waals surface area contributed by atoms with Gasteiger partial charge in [-0.1, -0.05) is 0 Å². The van der Waals surface area contributed by atoms with Crippen LogP contribution in [-0.4, -0.2) is 33.0 Å². The van der Waals surface area contributed by atoms with E-state index < -0.39 is 0 Å². The van der Waals surface area contributed by atoms with E-state index in [1.54, 1.807) is 0 Å². The van der Waals surface area contributed by atoms with Crippen LogP contribution < -0.4 is 14.8 Å². The fraction of sp³-hybridized carbons (Fsp3) is 0.600. The number of hydrogen-bond acceptors (Lipinski definition) is 4. The summed E-state index contributed by atoms with van der Waals surface area (Å²) in [5.41, 5.74) is 1.16. The largest absolute Gasteiger partial charge is 0.490 e. The summed E-state index contributed by atoms with van der Waals surface area (Å²) >= 11 is 3.59. The van der Waals surface area contributed by atoms with Crippen LogP contribution in [0.5, 0.6) is 11.5 Å². The molecule has 1 atom stereocenters. The Morgan fingerprint density at radius 2 is 2.30 bits per heavy atom. The monoisotopic (exact) mass is 343 g/mol. The summed E-state index contributed by atoms with van der Waals surface area (Å²) in [6, 6.07) is 4.10. The molecule has 1 heterocycles. The van der Waals surface area contributed by atoms with Gasteiger partial charge in [-0.05, 0) is 60.4 Å². The molecule has 1 N–H and O–H groups in total. The number of ether oxygens (including phenoxy) is 3. The molecule has 1 saturated heterocycles. The third-order valence-electron chi connectivity index (χ3n) is 3.15. The molecule has 1 unspecified atom stereocenters. The summed E-state index contributed by atoms with van der Waals surface area (Å²) < 4.78 is 18.2. The minimum Gasteiger partial charge on any atom is -0.490 e. The number of nitrogens with one attached hydrogen (secondary N) is 1. The lowest BCUT2D eigenvalue weighted by Gasteiger charge is -2.25. The van der Waals surface area contributed by atoms with Crippen LogP contribution in [0.1, 0.15) is 25.3 Å². The molecule has 1 aromatic rings. The zero-order chi connectivity index (χ0) is 14.4. The van der Waals surface area contributed by atoms with Gasteiger partial charge in [-0.25, -0.2) is 0 Å². The maximum absolute atomic E-state index is 6.09.